The molecule has 22 heavy (non-hydrogen) atoms. The Morgan fingerprint density at radius 1 is 0.955 bits per heavy atom. The summed E-state index contributed by atoms with van der Waals surface area (Å²) in [5, 5.41) is 5.25. The van der Waals surface area contributed by atoms with Crippen molar-refractivity contribution in [2.75, 3.05) is 18.4 Å². The van der Waals surface area contributed by atoms with Gasteiger partial charge >= 0.3 is 0 Å². The number of benzene rings is 1. The van der Waals surface area contributed by atoms with Crippen LogP contribution in [0.3, 0.4) is 0 Å². The lowest BCUT2D eigenvalue weighted by Crippen LogP contribution is -2.36. The third-order valence-electron chi connectivity index (χ3n) is 3.46. The Labute approximate surface area is 150 Å². The monoisotopic (exact) mass is 360 g/mol. The van der Waals surface area contributed by atoms with Gasteiger partial charge in [0, 0.05) is 28.8 Å². The van der Waals surface area contributed by atoms with E-state index in [4.69, 9.17) is 35.4 Å². The SMILES string of the molecule is CCCCCN(CCCCC)C(=S)Nc1cc(Cl)cc(Cl)c1. The molecule has 0 radical (unpaired) electrons. The van der Waals surface area contributed by atoms with Crippen molar-refractivity contribution >= 4 is 46.2 Å². The van der Waals surface area contributed by atoms with Crippen LogP contribution in [0.5, 0.6) is 0 Å². The zero-order valence-electron chi connectivity index (χ0n) is 13.5. The molecule has 0 amide bonds. The summed E-state index contributed by atoms with van der Waals surface area (Å²) >= 11 is 17.6. The standard InChI is InChI=1S/C17H26Cl2N2S/c1-3-5-7-9-21(10-8-6-4-2)17(22)20-16-12-14(18)11-15(19)13-16/h11-13H,3-10H2,1-2H3,(H,20,22). The van der Waals surface area contributed by atoms with E-state index >= 15 is 0 Å². The normalized spacial score (nSPS) is 10.5. The van der Waals surface area contributed by atoms with Gasteiger partial charge in [-0.15, -0.1) is 0 Å². The highest BCUT2D eigenvalue weighted by Crippen LogP contribution is 2.22. The first-order valence-electron chi connectivity index (χ1n) is 8.08. The fraction of sp³-hybridized carbons (Fsp3) is 0.588. The highest BCUT2D eigenvalue weighted by molar-refractivity contribution is 7.80. The van der Waals surface area contributed by atoms with Gasteiger partial charge in [0.25, 0.3) is 0 Å². The third kappa shape index (κ3) is 7.66. The van der Waals surface area contributed by atoms with E-state index in [0.29, 0.717) is 10.0 Å². The maximum absolute atomic E-state index is 6.04. The molecule has 0 saturated heterocycles. The van der Waals surface area contributed by atoms with Crippen LogP contribution < -0.4 is 5.32 Å². The van der Waals surface area contributed by atoms with Crippen LogP contribution in [0.2, 0.25) is 10.0 Å². The summed E-state index contributed by atoms with van der Waals surface area (Å²) in [7, 11) is 0. The molecule has 5 heteroatoms. The van der Waals surface area contributed by atoms with Crippen LogP contribution in [-0.4, -0.2) is 23.1 Å². The van der Waals surface area contributed by atoms with Crippen molar-refractivity contribution in [2.45, 2.75) is 52.4 Å². The molecule has 1 N–H and O–H groups in total. The maximum atomic E-state index is 6.04. The summed E-state index contributed by atoms with van der Waals surface area (Å²) in [6, 6.07) is 5.41. The Morgan fingerprint density at radius 3 is 1.91 bits per heavy atom. The highest BCUT2D eigenvalue weighted by Gasteiger charge is 2.10. The second-order valence-electron chi connectivity index (χ2n) is 5.49. The van der Waals surface area contributed by atoms with Crippen molar-refractivity contribution in [3.8, 4) is 0 Å². The summed E-state index contributed by atoms with van der Waals surface area (Å²) < 4.78 is 0. The number of thiocarbonyl (C=S) groups is 1. The second kappa shape index (κ2) is 11.1. The number of halogens is 2. The highest BCUT2D eigenvalue weighted by atomic mass is 35.5. The first-order chi connectivity index (χ1) is 10.6. The van der Waals surface area contributed by atoms with Crippen molar-refractivity contribution < 1.29 is 0 Å². The molecule has 0 aliphatic rings. The van der Waals surface area contributed by atoms with Gasteiger partial charge in [-0.05, 0) is 43.3 Å². The van der Waals surface area contributed by atoms with Crippen molar-refractivity contribution in [3.05, 3.63) is 28.2 Å². The molecule has 2 nitrogen and oxygen atoms in total. The summed E-state index contributed by atoms with van der Waals surface area (Å²) in [5.41, 5.74) is 0.846. The van der Waals surface area contributed by atoms with Crippen LogP contribution in [0.4, 0.5) is 5.69 Å². The summed E-state index contributed by atoms with van der Waals surface area (Å²) in [5.74, 6) is 0. The summed E-state index contributed by atoms with van der Waals surface area (Å²) in [6.45, 7) is 6.42. The fourth-order valence-electron chi connectivity index (χ4n) is 2.25. The van der Waals surface area contributed by atoms with E-state index in [9.17, 15) is 0 Å². The Balaban J connectivity index is 2.63. The minimum atomic E-state index is 0.612. The predicted molar refractivity (Wildman–Crippen MR) is 103 cm³/mol. The first kappa shape index (κ1) is 19.5. The van der Waals surface area contributed by atoms with E-state index in [1.807, 2.05) is 12.1 Å². The van der Waals surface area contributed by atoms with E-state index < -0.39 is 0 Å². The lowest BCUT2D eigenvalue weighted by Gasteiger charge is -2.26. The first-order valence-corrected chi connectivity index (χ1v) is 9.25. The quantitative estimate of drug-likeness (QED) is 0.406. The largest absolute Gasteiger partial charge is 0.349 e. The molecule has 0 heterocycles. The molecule has 0 saturated carbocycles. The zero-order chi connectivity index (χ0) is 16.4. The van der Waals surface area contributed by atoms with Gasteiger partial charge in [-0.2, -0.15) is 0 Å². The van der Waals surface area contributed by atoms with E-state index in [0.717, 1.165) is 23.9 Å². The van der Waals surface area contributed by atoms with Crippen molar-refractivity contribution in [2.24, 2.45) is 0 Å². The van der Waals surface area contributed by atoms with Gasteiger partial charge in [-0.1, -0.05) is 62.7 Å². The number of hydrogen-bond donors (Lipinski definition) is 1. The van der Waals surface area contributed by atoms with Gasteiger partial charge in [-0.25, -0.2) is 0 Å². The fourth-order valence-corrected chi connectivity index (χ4v) is 3.08. The molecule has 0 unspecified atom stereocenters. The average Bonchev–Trinajstić information content (AvgIpc) is 2.44. The molecule has 0 aromatic heterocycles. The number of hydrogen-bond acceptors (Lipinski definition) is 1. The van der Waals surface area contributed by atoms with Gasteiger partial charge in [0.1, 0.15) is 0 Å². The van der Waals surface area contributed by atoms with E-state index in [1.54, 1.807) is 6.07 Å². The van der Waals surface area contributed by atoms with Crippen LogP contribution >= 0.6 is 35.4 Å². The van der Waals surface area contributed by atoms with Gasteiger partial charge in [0.2, 0.25) is 0 Å². The molecule has 0 spiro atoms. The molecular formula is C17H26Cl2N2S. The van der Waals surface area contributed by atoms with Gasteiger partial charge in [0.15, 0.2) is 5.11 Å². The molecule has 0 aliphatic heterocycles. The Morgan fingerprint density at radius 2 is 1.45 bits per heavy atom. The Hall–Kier alpha value is -0.510. The van der Waals surface area contributed by atoms with E-state index in [2.05, 4.69) is 24.1 Å². The smallest absolute Gasteiger partial charge is 0.173 e. The molecule has 1 aromatic rings. The number of nitrogens with one attached hydrogen (secondary N) is 1. The minimum absolute atomic E-state index is 0.612. The predicted octanol–water partition coefficient (Wildman–Crippen LogP) is 6.37. The molecule has 0 fully saturated rings. The van der Waals surface area contributed by atoms with Gasteiger partial charge in [-0.3, -0.25) is 0 Å². The Bertz CT molecular complexity index is 436. The Kier molecular flexibility index (Phi) is 9.85. The van der Waals surface area contributed by atoms with Crippen LogP contribution in [0.25, 0.3) is 0 Å². The average molecular weight is 361 g/mol. The number of rotatable bonds is 9. The van der Waals surface area contributed by atoms with E-state index in [1.165, 1.54) is 38.5 Å². The molecular weight excluding hydrogens is 335 g/mol. The third-order valence-corrected chi connectivity index (χ3v) is 4.26. The molecule has 1 rings (SSSR count). The van der Waals surface area contributed by atoms with Crippen molar-refractivity contribution in [1.29, 1.82) is 0 Å². The van der Waals surface area contributed by atoms with E-state index in [-0.39, 0.29) is 0 Å². The molecule has 1 aromatic carbocycles. The molecule has 0 bridgehead atoms. The number of nitrogens with zero attached hydrogens (tertiary/aromatic N) is 1. The van der Waals surface area contributed by atoms with Crippen LogP contribution in [0, 0.1) is 0 Å². The van der Waals surface area contributed by atoms with Crippen molar-refractivity contribution in [3.63, 3.8) is 0 Å². The summed E-state index contributed by atoms with van der Waals surface area (Å²) in [6.07, 6.45) is 7.23. The minimum Gasteiger partial charge on any atom is -0.349 e. The van der Waals surface area contributed by atoms with Crippen molar-refractivity contribution in [1.82, 2.24) is 4.90 Å². The van der Waals surface area contributed by atoms with Crippen LogP contribution in [0.15, 0.2) is 18.2 Å². The van der Waals surface area contributed by atoms with Gasteiger partial charge < -0.3 is 10.2 Å². The molecule has 124 valence electrons. The topological polar surface area (TPSA) is 15.3 Å². The zero-order valence-corrected chi connectivity index (χ0v) is 15.8. The summed E-state index contributed by atoms with van der Waals surface area (Å²) in [4.78, 5) is 2.26. The molecule has 0 aliphatic carbocycles. The van der Waals surface area contributed by atoms with Crippen LogP contribution in [0.1, 0.15) is 52.4 Å². The lowest BCUT2D eigenvalue weighted by molar-refractivity contribution is 0.395. The van der Waals surface area contributed by atoms with Crippen LogP contribution in [-0.2, 0) is 0 Å². The molecule has 0 atom stereocenters. The maximum Gasteiger partial charge on any atom is 0.173 e. The number of unbranched alkanes of at least 4 members (excludes halogenated alkanes) is 4. The second-order valence-corrected chi connectivity index (χ2v) is 6.75. The van der Waals surface area contributed by atoms with Gasteiger partial charge in [0.05, 0.1) is 0 Å². The number of anilines is 1. The lowest BCUT2D eigenvalue weighted by atomic mass is 10.2.